The van der Waals surface area contributed by atoms with Gasteiger partial charge in [0.15, 0.2) is 0 Å². The highest BCUT2D eigenvalue weighted by molar-refractivity contribution is 7.95. The fourth-order valence-electron chi connectivity index (χ4n) is 1.73. The van der Waals surface area contributed by atoms with Crippen molar-refractivity contribution in [1.29, 1.82) is 0 Å². The molecule has 0 aromatic carbocycles. The van der Waals surface area contributed by atoms with E-state index in [2.05, 4.69) is 0 Å². The van der Waals surface area contributed by atoms with E-state index in [1.54, 1.807) is 0 Å². The third kappa shape index (κ3) is 4.73. The molecule has 0 aliphatic rings. The predicted molar refractivity (Wildman–Crippen MR) is 75.5 cm³/mol. The fourth-order valence-corrected chi connectivity index (χ4v) is 2.71. The molecule has 0 fully saturated rings. The summed E-state index contributed by atoms with van der Waals surface area (Å²) in [4.78, 5) is 0. The van der Waals surface area contributed by atoms with E-state index in [-0.39, 0.29) is 11.0 Å². The molecule has 0 heterocycles. The Bertz CT molecular complexity index is 711. The first-order chi connectivity index (χ1) is 12.7. The third-order valence-electron chi connectivity index (χ3n) is 3.48. The molecule has 0 aromatic rings. The maximum absolute atomic E-state index is 13.6. The summed E-state index contributed by atoms with van der Waals surface area (Å²) in [6, 6.07) is 0. The second-order valence-corrected chi connectivity index (χ2v) is 8.73. The number of hydrogen-bond donors (Lipinski definition) is 0. The van der Waals surface area contributed by atoms with E-state index in [9.17, 15) is 65.5 Å². The molecule has 0 unspecified atom stereocenters. The lowest BCUT2D eigenvalue weighted by molar-refractivity contribution is -0.870. The molecule has 0 bridgehead atoms. The Balaban J connectivity index is 6.06. The van der Waals surface area contributed by atoms with Gasteiger partial charge in [-0.25, -0.2) is 8.42 Å². The molecule has 0 rings (SSSR count). The average molecular weight is 498 g/mol. The van der Waals surface area contributed by atoms with Crippen LogP contribution in [0.3, 0.4) is 0 Å². The Morgan fingerprint density at radius 1 is 0.667 bits per heavy atom. The molecule has 0 amide bonds. The second-order valence-electron chi connectivity index (χ2n) is 7.01. The lowest BCUT2D eigenvalue weighted by atomic mass is 9.98. The van der Waals surface area contributed by atoms with Gasteiger partial charge in [-0.1, -0.05) is 0 Å². The van der Waals surface area contributed by atoms with E-state index in [0.29, 0.717) is 0 Å². The highest BCUT2D eigenvalue weighted by Crippen LogP contribution is 2.61. The third-order valence-corrected chi connectivity index (χ3v) is 4.90. The largest absolute Gasteiger partial charge is 0.543 e. The Hall–Kier alpha value is -1.04. The quantitative estimate of drug-likeness (QED) is 0.254. The molecule has 18 heteroatoms. The minimum Gasteiger partial charge on any atom is -0.543 e. The highest BCUT2D eigenvalue weighted by Gasteiger charge is 2.91. The Labute approximate surface area is 161 Å². The van der Waals surface area contributed by atoms with Crippen LogP contribution in [-0.4, -0.2) is 82.3 Å². The lowest BCUT2D eigenvalue weighted by Crippen LogP contribution is -2.71. The van der Waals surface area contributed by atoms with Gasteiger partial charge in [0.2, 0.25) is 0 Å². The van der Waals surface area contributed by atoms with Crippen molar-refractivity contribution in [2.45, 2.75) is 41.5 Å². The average Bonchev–Trinajstić information content (AvgIpc) is 2.48. The summed E-state index contributed by atoms with van der Waals surface area (Å²) in [5.41, 5.74) is 0. The predicted octanol–water partition coefficient (Wildman–Crippen LogP) is 4.48. The number of halogens is 13. The van der Waals surface area contributed by atoms with Crippen LogP contribution in [0.1, 0.15) is 6.42 Å². The van der Waals surface area contributed by atoms with Gasteiger partial charge in [0.25, 0.3) is 0 Å². The molecular weight excluding hydrogens is 483 g/mol. The van der Waals surface area contributed by atoms with Gasteiger partial charge in [0, 0.05) is 0 Å². The Kier molecular flexibility index (Phi) is 7.55. The first-order valence-corrected chi connectivity index (χ1v) is 8.84. The van der Waals surface area contributed by atoms with Crippen molar-refractivity contribution in [2.24, 2.45) is 0 Å². The summed E-state index contributed by atoms with van der Waals surface area (Å²) < 4.78 is 193. The molecule has 0 N–H and O–H groups in total. The van der Waals surface area contributed by atoms with Crippen LogP contribution in [0.2, 0.25) is 0 Å². The molecule has 182 valence electrons. The van der Waals surface area contributed by atoms with Crippen LogP contribution in [0.15, 0.2) is 0 Å². The highest BCUT2D eigenvalue weighted by atomic mass is 32.2. The Morgan fingerprint density at radius 3 is 1.37 bits per heavy atom. The maximum atomic E-state index is 13.6. The van der Waals surface area contributed by atoms with Gasteiger partial charge >= 0.3 is 35.1 Å². The van der Waals surface area contributed by atoms with Crippen molar-refractivity contribution < 1.29 is 70.0 Å². The molecule has 0 aliphatic carbocycles. The first-order valence-electron chi connectivity index (χ1n) is 7.40. The van der Waals surface area contributed by atoms with Gasteiger partial charge in [-0.3, -0.25) is 0 Å². The van der Waals surface area contributed by atoms with E-state index < -0.39 is 58.1 Å². The SMILES string of the molecule is C[N+](C)(C)CCC[N-]S(=O)(=O)C(F)(F)C(F)(F)C(F)(F)C(F)(F)C(F)(F)C(F)(F)F. The smallest absolute Gasteiger partial charge is 0.460 e. The van der Waals surface area contributed by atoms with E-state index in [1.165, 1.54) is 21.1 Å². The van der Waals surface area contributed by atoms with Crippen LogP contribution in [0.4, 0.5) is 57.1 Å². The number of hydrogen-bond acceptors (Lipinski definition) is 2. The van der Waals surface area contributed by atoms with Gasteiger partial charge in [0.1, 0.15) is 10.0 Å². The number of sulfonamides is 1. The van der Waals surface area contributed by atoms with Gasteiger partial charge in [0.05, 0.1) is 27.7 Å². The van der Waals surface area contributed by atoms with E-state index in [0.717, 1.165) is 0 Å². The molecule has 0 saturated carbocycles. The Morgan fingerprint density at radius 2 is 1.03 bits per heavy atom. The van der Waals surface area contributed by atoms with Gasteiger partial charge in [-0.15, -0.1) is 6.54 Å². The van der Waals surface area contributed by atoms with E-state index in [4.69, 9.17) is 0 Å². The zero-order valence-corrected chi connectivity index (χ0v) is 16.0. The van der Waals surface area contributed by atoms with Gasteiger partial charge in [-0.2, -0.15) is 57.1 Å². The summed E-state index contributed by atoms with van der Waals surface area (Å²) in [6.45, 7) is -1.24. The topological polar surface area (TPSA) is 48.2 Å². The zero-order chi connectivity index (χ0) is 24.8. The van der Waals surface area contributed by atoms with Gasteiger partial charge < -0.3 is 9.21 Å². The second kappa shape index (κ2) is 7.83. The summed E-state index contributed by atoms with van der Waals surface area (Å²) >= 11 is 0. The van der Waals surface area contributed by atoms with Crippen LogP contribution < -0.4 is 0 Å². The summed E-state index contributed by atoms with van der Waals surface area (Å²) in [6.07, 6.45) is -7.98. The zero-order valence-electron chi connectivity index (χ0n) is 15.2. The number of alkyl halides is 13. The molecule has 0 radical (unpaired) electrons. The van der Waals surface area contributed by atoms with Crippen molar-refractivity contribution in [3.63, 3.8) is 0 Å². The molecule has 0 spiro atoms. The molecule has 4 nitrogen and oxygen atoms in total. The van der Waals surface area contributed by atoms with Crippen molar-refractivity contribution >= 4 is 10.0 Å². The van der Waals surface area contributed by atoms with Crippen molar-refractivity contribution in [3.05, 3.63) is 4.72 Å². The monoisotopic (exact) mass is 498 g/mol. The molecular formula is C12H15F13N2O2S. The van der Waals surface area contributed by atoms with Crippen molar-refractivity contribution in [2.75, 3.05) is 34.2 Å². The summed E-state index contributed by atoms with van der Waals surface area (Å²) in [5, 5.41) is -7.26. The van der Waals surface area contributed by atoms with Crippen LogP contribution in [0.25, 0.3) is 4.72 Å². The van der Waals surface area contributed by atoms with Crippen molar-refractivity contribution in [1.82, 2.24) is 0 Å². The maximum Gasteiger partial charge on any atom is 0.460 e. The summed E-state index contributed by atoms with van der Waals surface area (Å²) in [5.74, 6) is -32.2. The fraction of sp³-hybridized carbons (Fsp3) is 1.00. The van der Waals surface area contributed by atoms with E-state index in [1.807, 2.05) is 4.72 Å². The summed E-state index contributed by atoms with van der Waals surface area (Å²) in [7, 11) is -2.56. The van der Waals surface area contributed by atoms with Crippen LogP contribution in [0, 0.1) is 0 Å². The molecule has 0 aliphatic heterocycles. The molecule has 0 saturated heterocycles. The molecule has 0 atom stereocenters. The van der Waals surface area contributed by atoms with Crippen LogP contribution >= 0.6 is 0 Å². The van der Waals surface area contributed by atoms with Crippen LogP contribution in [-0.2, 0) is 10.0 Å². The first kappa shape index (κ1) is 29.0. The standard InChI is InChI=1S/C12H15F13N2O2S/c1-27(2,3)6-4-5-26-30(28,29)12(24,25)10(19,20)8(15,16)7(13,14)9(17,18)11(21,22)23/h4-6H2,1-3H3. The number of nitrogens with zero attached hydrogens (tertiary/aromatic N) is 2. The number of quaternary nitrogens is 1. The van der Waals surface area contributed by atoms with Crippen molar-refractivity contribution in [3.8, 4) is 0 Å². The van der Waals surface area contributed by atoms with Gasteiger partial charge in [-0.05, 0) is 6.42 Å². The molecule has 0 aromatic heterocycles. The van der Waals surface area contributed by atoms with E-state index >= 15 is 0 Å². The normalized spacial score (nSPS) is 16.1. The van der Waals surface area contributed by atoms with Crippen LogP contribution in [0.5, 0.6) is 0 Å². The lowest BCUT2D eigenvalue weighted by Gasteiger charge is -2.41. The molecule has 30 heavy (non-hydrogen) atoms. The number of rotatable bonds is 10. The minimum absolute atomic E-state index is 0.0208. The minimum atomic E-state index is -8.17.